The van der Waals surface area contributed by atoms with Gasteiger partial charge in [-0.1, -0.05) is 30.3 Å². The number of nitrogens with two attached hydrogens (primary N) is 1. The second kappa shape index (κ2) is 8.24. The Labute approximate surface area is 116 Å². The second-order valence-electron chi connectivity index (χ2n) is 4.00. The average molecular weight is 291 g/mol. The van der Waals surface area contributed by atoms with Crippen molar-refractivity contribution in [2.45, 2.75) is 19.0 Å². The van der Waals surface area contributed by atoms with Gasteiger partial charge in [0.25, 0.3) is 0 Å². The molecule has 0 saturated carbocycles. The maximum atomic E-state index is 11.6. The van der Waals surface area contributed by atoms with Gasteiger partial charge < -0.3 is 11.1 Å². The van der Waals surface area contributed by atoms with Crippen LogP contribution >= 0.6 is 12.4 Å². The van der Waals surface area contributed by atoms with Crippen LogP contribution in [-0.2, 0) is 15.6 Å². The Morgan fingerprint density at radius 3 is 2.39 bits per heavy atom. The molecule has 1 aromatic carbocycles. The van der Waals surface area contributed by atoms with Crippen molar-refractivity contribution in [3.63, 3.8) is 0 Å². The van der Waals surface area contributed by atoms with Crippen LogP contribution in [0.25, 0.3) is 0 Å². The van der Waals surface area contributed by atoms with Gasteiger partial charge in [-0.2, -0.15) is 0 Å². The summed E-state index contributed by atoms with van der Waals surface area (Å²) in [6, 6.07) is 8.67. The highest BCUT2D eigenvalue weighted by atomic mass is 35.5. The summed E-state index contributed by atoms with van der Waals surface area (Å²) in [6.45, 7) is 1.63. The quantitative estimate of drug-likeness (QED) is 0.849. The van der Waals surface area contributed by atoms with Crippen molar-refractivity contribution in [2.24, 2.45) is 5.73 Å². The third-order valence-electron chi connectivity index (χ3n) is 2.33. The molecule has 0 aliphatic rings. The van der Waals surface area contributed by atoms with Crippen molar-refractivity contribution in [1.82, 2.24) is 5.32 Å². The first-order valence-electron chi connectivity index (χ1n) is 5.41. The molecule has 18 heavy (non-hydrogen) atoms. The summed E-state index contributed by atoms with van der Waals surface area (Å²) in [5.41, 5.74) is 6.45. The van der Waals surface area contributed by atoms with Crippen molar-refractivity contribution >= 4 is 29.1 Å². The molecule has 1 amide bonds. The Balaban J connectivity index is 0.00000289. The first kappa shape index (κ1) is 17.1. The van der Waals surface area contributed by atoms with E-state index in [1.165, 1.54) is 0 Å². The molecule has 4 nitrogen and oxygen atoms in total. The molecule has 3 atom stereocenters. The van der Waals surface area contributed by atoms with Crippen LogP contribution in [0.2, 0.25) is 0 Å². The van der Waals surface area contributed by atoms with Gasteiger partial charge in [0.05, 0.1) is 12.1 Å². The van der Waals surface area contributed by atoms with Crippen LogP contribution in [0.5, 0.6) is 0 Å². The first-order valence-corrected chi connectivity index (χ1v) is 7.14. The van der Waals surface area contributed by atoms with Gasteiger partial charge in [-0.05, 0) is 12.5 Å². The van der Waals surface area contributed by atoms with E-state index in [9.17, 15) is 9.00 Å². The van der Waals surface area contributed by atoms with Crippen molar-refractivity contribution in [3.05, 3.63) is 35.9 Å². The highest BCUT2D eigenvalue weighted by molar-refractivity contribution is 7.84. The van der Waals surface area contributed by atoms with E-state index in [1.54, 1.807) is 13.2 Å². The Morgan fingerprint density at radius 2 is 1.94 bits per heavy atom. The zero-order valence-corrected chi connectivity index (χ0v) is 12.1. The number of carbonyl (C=O) groups excluding carboxylic acids is 1. The van der Waals surface area contributed by atoms with E-state index >= 15 is 0 Å². The number of hydrogen-bond donors (Lipinski definition) is 2. The van der Waals surface area contributed by atoms with Crippen LogP contribution in [0, 0.1) is 0 Å². The van der Waals surface area contributed by atoms with Crippen LogP contribution < -0.4 is 11.1 Å². The van der Waals surface area contributed by atoms with Crippen LogP contribution in [0.1, 0.15) is 18.5 Å². The minimum absolute atomic E-state index is 0. The Bertz CT molecular complexity index is 398. The van der Waals surface area contributed by atoms with Crippen molar-refractivity contribution < 1.29 is 9.00 Å². The normalized spacial score (nSPS) is 15.1. The number of carbonyl (C=O) groups is 1. The van der Waals surface area contributed by atoms with Gasteiger partial charge in [0, 0.05) is 22.8 Å². The average Bonchev–Trinajstić information content (AvgIpc) is 2.28. The van der Waals surface area contributed by atoms with Gasteiger partial charge in [0.2, 0.25) is 5.91 Å². The Morgan fingerprint density at radius 1 is 1.39 bits per heavy atom. The molecule has 0 aliphatic heterocycles. The summed E-state index contributed by atoms with van der Waals surface area (Å²) >= 11 is 0. The molecule has 0 spiro atoms. The minimum atomic E-state index is -0.981. The minimum Gasteiger partial charge on any atom is -0.347 e. The maximum Gasteiger partial charge on any atom is 0.237 e. The summed E-state index contributed by atoms with van der Waals surface area (Å²) < 4.78 is 11.3. The summed E-state index contributed by atoms with van der Waals surface area (Å²) in [4.78, 5) is 11.6. The molecule has 0 aromatic heterocycles. The SMILES string of the molecule is C[C@H](N)C(=O)NC(CS(C)=O)c1ccccc1.Cl. The fourth-order valence-electron chi connectivity index (χ4n) is 1.44. The van der Waals surface area contributed by atoms with Crippen LogP contribution in [0.3, 0.4) is 0 Å². The maximum absolute atomic E-state index is 11.6. The van der Waals surface area contributed by atoms with Crippen LogP contribution in [-0.4, -0.2) is 28.2 Å². The smallest absolute Gasteiger partial charge is 0.237 e. The molecule has 0 heterocycles. The van der Waals surface area contributed by atoms with E-state index < -0.39 is 16.8 Å². The summed E-state index contributed by atoms with van der Waals surface area (Å²) in [6.07, 6.45) is 1.62. The summed E-state index contributed by atoms with van der Waals surface area (Å²) in [5, 5.41) is 2.81. The number of hydrogen-bond acceptors (Lipinski definition) is 3. The molecule has 1 aromatic rings. The zero-order valence-electron chi connectivity index (χ0n) is 10.5. The third-order valence-corrected chi connectivity index (χ3v) is 3.14. The molecule has 0 bridgehead atoms. The van der Waals surface area contributed by atoms with Gasteiger partial charge in [-0.25, -0.2) is 0 Å². The fraction of sp³-hybridized carbons (Fsp3) is 0.417. The molecule has 0 saturated heterocycles. The Hall–Kier alpha value is -0.910. The topological polar surface area (TPSA) is 72.2 Å². The largest absolute Gasteiger partial charge is 0.347 e. The molecular weight excluding hydrogens is 272 g/mol. The van der Waals surface area contributed by atoms with E-state index in [2.05, 4.69) is 5.32 Å². The molecule has 2 unspecified atom stereocenters. The van der Waals surface area contributed by atoms with Crippen molar-refractivity contribution in [2.75, 3.05) is 12.0 Å². The number of rotatable bonds is 5. The number of amides is 1. The van der Waals surface area contributed by atoms with Gasteiger partial charge >= 0.3 is 0 Å². The van der Waals surface area contributed by atoms with E-state index in [4.69, 9.17) is 5.73 Å². The second-order valence-corrected chi connectivity index (χ2v) is 5.48. The monoisotopic (exact) mass is 290 g/mol. The third kappa shape index (κ3) is 5.62. The number of benzene rings is 1. The van der Waals surface area contributed by atoms with Gasteiger partial charge in [-0.3, -0.25) is 9.00 Å². The lowest BCUT2D eigenvalue weighted by molar-refractivity contribution is -0.122. The van der Waals surface area contributed by atoms with E-state index in [-0.39, 0.29) is 24.4 Å². The van der Waals surface area contributed by atoms with Gasteiger partial charge in [0.1, 0.15) is 0 Å². The lowest BCUT2D eigenvalue weighted by Crippen LogP contribution is -2.41. The molecule has 1 rings (SSSR count). The lowest BCUT2D eigenvalue weighted by atomic mass is 10.1. The van der Waals surface area contributed by atoms with Crippen molar-refractivity contribution in [3.8, 4) is 0 Å². The van der Waals surface area contributed by atoms with E-state index in [1.807, 2.05) is 30.3 Å². The summed E-state index contributed by atoms with van der Waals surface area (Å²) in [7, 11) is -0.981. The van der Waals surface area contributed by atoms with E-state index in [0.717, 1.165) is 5.56 Å². The lowest BCUT2D eigenvalue weighted by Gasteiger charge is -2.19. The molecule has 6 heteroatoms. The molecule has 102 valence electrons. The molecule has 0 aliphatic carbocycles. The fourth-order valence-corrected chi connectivity index (χ4v) is 2.19. The van der Waals surface area contributed by atoms with Crippen LogP contribution in [0.15, 0.2) is 30.3 Å². The predicted octanol–water partition coefficient (Wildman–Crippen LogP) is 0.991. The highest BCUT2D eigenvalue weighted by Crippen LogP contribution is 2.13. The molecule has 3 N–H and O–H groups in total. The predicted molar refractivity (Wildman–Crippen MR) is 77.2 cm³/mol. The van der Waals surface area contributed by atoms with Gasteiger partial charge in [0.15, 0.2) is 0 Å². The van der Waals surface area contributed by atoms with E-state index in [0.29, 0.717) is 5.75 Å². The number of halogens is 1. The Kier molecular flexibility index (Phi) is 7.82. The highest BCUT2D eigenvalue weighted by Gasteiger charge is 2.17. The molecule has 0 fully saturated rings. The number of nitrogens with one attached hydrogen (secondary N) is 1. The zero-order chi connectivity index (χ0) is 12.8. The van der Waals surface area contributed by atoms with Gasteiger partial charge in [-0.15, -0.1) is 12.4 Å². The molecular formula is C12H19ClN2O2S. The summed E-state index contributed by atoms with van der Waals surface area (Å²) in [5.74, 6) is 0.159. The van der Waals surface area contributed by atoms with Crippen molar-refractivity contribution in [1.29, 1.82) is 0 Å². The standard InChI is InChI=1S/C12H18N2O2S.ClH/c1-9(13)12(15)14-11(8-17(2)16)10-6-4-3-5-7-10;/h3-7,9,11H,8,13H2,1-2H3,(H,14,15);1H/t9-,11?,17?;/m0./s1. The van der Waals surface area contributed by atoms with Crippen LogP contribution in [0.4, 0.5) is 0 Å². The molecule has 0 radical (unpaired) electrons. The first-order chi connectivity index (χ1) is 8.00.